The maximum Gasteiger partial charge on any atom is 0.303 e. The monoisotopic (exact) mass is 459 g/mol. The smallest absolute Gasteiger partial charge is 0.303 e. The molecule has 0 bridgehead atoms. The summed E-state index contributed by atoms with van der Waals surface area (Å²) >= 11 is 14.4. The zero-order valence-electron chi connectivity index (χ0n) is 11.9. The molecule has 2 aromatic carbocycles. The standard InChI is InChI=1S/C17H12Cl2INO2/c18-13-4-1-9(7-14(13)19)17-11(3-6-16(22)23)12-8-10(20)2-5-15(12)21-17/h1-2,4-5,7-8,21H,3,6H2,(H,22,23). The third kappa shape index (κ3) is 3.49. The molecule has 0 fully saturated rings. The summed E-state index contributed by atoms with van der Waals surface area (Å²) in [6.45, 7) is 0. The number of fused-ring (bicyclic) bond motifs is 1. The van der Waals surface area contributed by atoms with Crippen LogP contribution in [0.2, 0.25) is 10.0 Å². The molecule has 2 N–H and O–H groups in total. The molecule has 1 heterocycles. The summed E-state index contributed by atoms with van der Waals surface area (Å²) in [4.78, 5) is 14.4. The van der Waals surface area contributed by atoms with Gasteiger partial charge in [0.15, 0.2) is 0 Å². The van der Waals surface area contributed by atoms with Crippen LogP contribution >= 0.6 is 45.8 Å². The van der Waals surface area contributed by atoms with Crippen molar-refractivity contribution in [1.82, 2.24) is 4.98 Å². The Kier molecular flexibility index (Phi) is 4.85. The molecule has 0 aliphatic heterocycles. The van der Waals surface area contributed by atoms with E-state index in [1.165, 1.54) is 0 Å². The maximum absolute atomic E-state index is 11.0. The minimum Gasteiger partial charge on any atom is -0.481 e. The van der Waals surface area contributed by atoms with Crippen LogP contribution in [0.15, 0.2) is 36.4 Å². The Morgan fingerprint density at radius 1 is 1.13 bits per heavy atom. The van der Waals surface area contributed by atoms with Crippen LogP contribution in [-0.2, 0) is 11.2 Å². The minimum absolute atomic E-state index is 0.0761. The lowest BCUT2D eigenvalue weighted by atomic mass is 10.0. The van der Waals surface area contributed by atoms with Crippen LogP contribution in [-0.4, -0.2) is 16.1 Å². The number of hydrogen-bond acceptors (Lipinski definition) is 1. The quantitative estimate of drug-likeness (QED) is 0.487. The second-order valence-electron chi connectivity index (χ2n) is 5.19. The molecule has 0 unspecified atom stereocenters. The number of rotatable bonds is 4. The minimum atomic E-state index is -0.815. The molecule has 3 nitrogen and oxygen atoms in total. The van der Waals surface area contributed by atoms with Crippen LogP contribution in [0.1, 0.15) is 12.0 Å². The molecular formula is C17H12Cl2INO2. The van der Waals surface area contributed by atoms with E-state index in [2.05, 4.69) is 33.6 Å². The van der Waals surface area contributed by atoms with Gasteiger partial charge < -0.3 is 10.1 Å². The van der Waals surface area contributed by atoms with Crippen molar-refractivity contribution in [3.63, 3.8) is 0 Å². The van der Waals surface area contributed by atoms with Gasteiger partial charge in [0.1, 0.15) is 0 Å². The van der Waals surface area contributed by atoms with Crippen molar-refractivity contribution >= 4 is 62.7 Å². The molecule has 1 aromatic heterocycles. The van der Waals surface area contributed by atoms with E-state index in [1.807, 2.05) is 18.2 Å². The number of carboxylic acid groups (broad SMARTS) is 1. The number of aromatic amines is 1. The number of benzene rings is 2. The van der Waals surface area contributed by atoms with Gasteiger partial charge in [-0.1, -0.05) is 29.3 Å². The Bertz CT molecular complexity index is 905. The van der Waals surface area contributed by atoms with Gasteiger partial charge in [0, 0.05) is 26.6 Å². The molecule has 0 spiro atoms. The largest absolute Gasteiger partial charge is 0.481 e. The van der Waals surface area contributed by atoms with E-state index in [1.54, 1.807) is 12.1 Å². The van der Waals surface area contributed by atoms with Crippen LogP contribution in [0.5, 0.6) is 0 Å². The van der Waals surface area contributed by atoms with E-state index in [9.17, 15) is 4.79 Å². The van der Waals surface area contributed by atoms with Gasteiger partial charge in [-0.05, 0) is 70.5 Å². The first kappa shape index (κ1) is 16.6. The molecule has 3 rings (SSSR count). The van der Waals surface area contributed by atoms with Crippen molar-refractivity contribution in [2.24, 2.45) is 0 Å². The van der Waals surface area contributed by atoms with E-state index >= 15 is 0 Å². The average molecular weight is 460 g/mol. The zero-order valence-corrected chi connectivity index (χ0v) is 15.5. The molecule has 0 aliphatic carbocycles. The number of nitrogens with one attached hydrogen (secondary N) is 1. The second kappa shape index (κ2) is 6.71. The summed E-state index contributed by atoms with van der Waals surface area (Å²) in [6.07, 6.45) is 0.526. The predicted molar refractivity (Wildman–Crippen MR) is 102 cm³/mol. The molecule has 23 heavy (non-hydrogen) atoms. The van der Waals surface area contributed by atoms with Crippen LogP contribution in [0.4, 0.5) is 0 Å². The molecule has 0 amide bonds. The Labute approximate surface area is 156 Å². The first-order valence-corrected chi connectivity index (χ1v) is 8.76. The highest BCUT2D eigenvalue weighted by atomic mass is 127. The molecule has 0 radical (unpaired) electrons. The van der Waals surface area contributed by atoms with Gasteiger partial charge in [-0.2, -0.15) is 0 Å². The van der Waals surface area contributed by atoms with Crippen molar-refractivity contribution in [2.45, 2.75) is 12.8 Å². The lowest BCUT2D eigenvalue weighted by molar-refractivity contribution is -0.136. The summed E-state index contributed by atoms with van der Waals surface area (Å²) < 4.78 is 1.10. The van der Waals surface area contributed by atoms with Crippen LogP contribution in [0, 0.1) is 3.57 Å². The predicted octanol–water partition coefficient (Wildman–Crippen LogP) is 5.76. The molecule has 118 valence electrons. The summed E-state index contributed by atoms with van der Waals surface area (Å²) in [7, 11) is 0. The van der Waals surface area contributed by atoms with Gasteiger partial charge in [0.2, 0.25) is 0 Å². The van der Waals surface area contributed by atoms with Crippen LogP contribution in [0.25, 0.3) is 22.2 Å². The Balaban J connectivity index is 2.19. The van der Waals surface area contributed by atoms with Gasteiger partial charge in [0.05, 0.1) is 10.0 Å². The topological polar surface area (TPSA) is 53.1 Å². The molecule has 0 saturated carbocycles. The highest BCUT2D eigenvalue weighted by Gasteiger charge is 2.15. The van der Waals surface area contributed by atoms with E-state index in [-0.39, 0.29) is 6.42 Å². The second-order valence-corrected chi connectivity index (χ2v) is 7.25. The summed E-state index contributed by atoms with van der Waals surface area (Å²) in [6, 6.07) is 11.5. The van der Waals surface area contributed by atoms with Crippen LogP contribution < -0.4 is 0 Å². The number of aromatic nitrogens is 1. The van der Waals surface area contributed by atoms with Crippen molar-refractivity contribution in [2.75, 3.05) is 0 Å². The lowest BCUT2D eigenvalue weighted by Gasteiger charge is -2.06. The van der Waals surface area contributed by atoms with Gasteiger partial charge >= 0.3 is 5.97 Å². The van der Waals surface area contributed by atoms with Gasteiger partial charge in [0.25, 0.3) is 0 Å². The highest BCUT2D eigenvalue weighted by Crippen LogP contribution is 2.35. The van der Waals surface area contributed by atoms with Crippen molar-refractivity contribution in [3.8, 4) is 11.3 Å². The molecule has 0 saturated heterocycles. The molecule has 3 aromatic rings. The number of hydrogen-bond donors (Lipinski definition) is 2. The van der Waals surface area contributed by atoms with Crippen molar-refractivity contribution < 1.29 is 9.90 Å². The third-order valence-electron chi connectivity index (χ3n) is 3.67. The number of halogens is 3. The number of aryl methyl sites for hydroxylation is 1. The van der Waals surface area contributed by atoms with Gasteiger partial charge in [-0.3, -0.25) is 4.79 Å². The zero-order chi connectivity index (χ0) is 16.6. The van der Waals surface area contributed by atoms with E-state index < -0.39 is 5.97 Å². The van der Waals surface area contributed by atoms with E-state index in [4.69, 9.17) is 28.3 Å². The highest BCUT2D eigenvalue weighted by molar-refractivity contribution is 14.1. The molecule has 0 aliphatic rings. The average Bonchev–Trinajstić information content (AvgIpc) is 2.85. The number of carbonyl (C=O) groups is 1. The van der Waals surface area contributed by atoms with Crippen molar-refractivity contribution in [1.29, 1.82) is 0 Å². The molecular weight excluding hydrogens is 448 g/mol. The Hall–Kier alpha value is -1.24. The van der Waals surface area contributed by atoms with E-state index in [0.717, 1.165) is 31.3 Å². The first-order chi connectivity index (χ1) is 11.0. The third-order valence-corrected chi connectivity index (χ3v) is 5.08. The first-order valence-electron chi connectivity index (χ1n) is 6.93. The fourth-order valence-corrected chi connectivity index (χ4v) is 3.40. The van der Waals surface area contributed by atoms with E-state index in [0.29, 0.717) is 16.5 Å². The lowest BCUT2D eigenvalue weighted by Crippen LogP contribution is -1.98. The molecule has 6 heteroatoms. The summed E-state index contributed by atoms with van der Waals surface area (Å²) in [5.74, 6) is -0.815. The SMILES string of the molecule is O=C(O)CCc1c(-c2ccc(Cl)c(Cl)c2)[nH]c2ccc(I)cc12. The summed E-state index contributed by atoms with van der Waals surface area (Å²) in [5, 5.41) is 11.0. The number of aliphatic carboxylic acids is 1. The number of carboxylic acids is 1. The fraction of sp³-hybridized carbons (Fsp3) is 0.118. The van der Waals surface area contributed by atoms with Gasteiger partial charge in [-0.15, -0.1) is 0 Å². The Morgan fingerprint density at radius 2 is 1.91 bits per heavy atom. The molecule has 0 atom stereocenters. The number of H-pyrrole nitrogens is 1. The normalized spacial score (nSPS) is 11.1. The van der Waals surface area contributed by atoms with Crippen LogP contribution in [0.3, 0.4) is 0 Å². The summed E-state index contributed by atoms with van der Waals surface area (Å²) in [5.41, 5.74) is 3.75. The Morgan fingerprint density at radius 3 is 2.61 bits per heavy atom. The van der Waals surface area contributed by atoms with Crippen molar-refractivity contribution in [3.05, 3.63) is 55.6 Å². The fourth-order valence-electron chi connectivity index (χ4n) is 2.61. The maximum atomic E-state index is 11.0. The van der Waals surface area contributed by atoms with Gasteiger partial charge in [-0.25, -0.2) is 0 Å².